The first-order valence-electron chi connectivity index (χ1n) is 12.8. The Morgan fingerprint density at radius 1 is 1.03 bits per heavy atom. The average Bonchev–Trinajstić information content (AvgIpc) is 2.96. The molecule has 0 heterocycles. The molecule has 0 saturated heterocycles. The standard InChI is InChI=1S/C28H44O3/c1-18(13-17-29)20-10-15-28(7)22-8-9-23-25(3,4)24(31-19(2)30)12-14-26(23,5)21(22)11-16-27(20,28)6/h17-18,20,23-24H,8-16H2,1-7H3/t18-,20-,23?,24?,26-,27-,28+/m1/s1. The van der Waals surface area contributed by atoms with Crippen LogP contribution in [-0.4, -0.2) is 18.4 Å². The molecule has 0 bridgehead atoms. The third-order valence-corrected chi connectivity index (χ3v) is 11.2. The summed E-state index contributed by atoms with van der Waals surface area (Å²) in [5.74, 6) is 1.56. The van der Waals surface area contributed by atoms with Gasteiger partial charge in [0.1, 0.15) is 12.4 Å². The third kappa shape index (κ3) is 3.11. The summed E-state index contributed by atoms with van der Waals surface area (Å²) in [6.45, 7) is 16.2. The highest BCUT2D eigenvalue weighted by Gasteiger charge is 2.63. The number of hydrogen-bond acceptors (Lipinski definition) is 3. The van der Waals surface area contributed by atoms with Gasteiger partial charge in [-0.05, 0) is 85.4 Å². The number of rotatable bonds is 4. The molecular formula is C28H44O3. The zero-order valence-electron chi connectivity index (χ0n) is 21.0. The molecule has 4 rings (SSSR count). The predicted molar refractivity (Wildman–Crippen MR) is 124 cm³/mol. The fraction of sp³-hybridized carbons (Fsp3) is 0.857. The molecule has 3 nitrogen and oxygen atoms in total. The Labute approximate surface area is 189 Å². The third-order valence-electron chi connectivity index (χ3n) is 11.2. The zero-order valence-corrected chi connectivity index (χ0v) is 21.0. The van der Waals surface area contributed by atoms with Crippen LogP contribution in [0.3, 0.4) is 0 Å². The fourth-order valence-corrected chi connectivity index (χ4v) is 9.34. The minimum atomic E-state index is -0.139. The second kappa shape index (κ2) is 7.45. The van der Waals surface area contributed by atoms with E-state index < -0.39 is 0 Å². The lowest BCUT2D eigenvalue weighted by Crippen LogP contribution is -2.55. The van der Waals surface area contributed by atoms with E-state index in [-0.39, 0.29) is 28.3 Å². The van der Waals surface area contributed by atoms with Crippen molar-refractivity contribution in [1.82, 2.24) is 0 Å². The summed E-state index contributed by atoms with van der Waals surface area (Å²) in [7, 11) is 0. The Morgan fingerprint density at radius 2 is 1.74 bits per heavy atom. The van der Waals surface area contributed by atoms with E-state index in [2.05, 4.69) is 41.5 Å². The second-order valence-corrected chi connectivity index (χ2v) is 12.7. The summed E-state index contributed by atoms with van der Waals surface area (Å²) in [6.07, 6.45) is 11.4. The van der Waals surface area contributed by atoms with Crippen molar-refractivity contribution in [3.8, 4) is 0 Å². The van der Waals surface area contributed by atoms with Gasteiger partial charge < -0.3 is 9.53 Å². The van der Waals surface area contributed by atoms with E-state index in [1.807, 2.05) is 0 Å². The van der Waals surface area contributed by atoms with Crippen LogP contribution >= 0.6 is 0 Å². The molecule has 0 aromatic rings. The van der Waals surface area contributed by atoms with Gasteiger partial charge in [-0.1, -0.05) is 52.7 Å². The maximum atomic E-state index is 11.7. The molecule has 7 atom stereocenters. The summed E-state index contributed by atoms with van der Waals surface area (Å²) in [5, 5.41) is 0. The smallest absolute Gasteiger partial charge is 0.302 e. The lowest BCUT2D eigenvalue weighted by atomic mass is 9.43. The molecule has 0 N–H and O–H groups in total. The predicted octanol–water partition coefficient (Wildman–Crippen LogP) is 6.89. The van der Waals surface area contributed by atoms with E-state index in [0.717, 1.165) is 19.1 Å². The van der Waals surface area contributed by atoms with Crippen LogP contribution in [-0.2, 0) is 14.3 Å². The SMILES string of the molecule is CC(=O)OC1CC[C@]2(C)C3=C(CCC2C1(C)C)[C@]1(C)CC[C@H]([C@H](C)CC=O)[C@@]1(C)CC3. The van der Waals surface area contributed by atoms with Crippen molar-refractivity contribution >= 4 is 12.3 Å². The lowest BCUT2D eigenvalue weighted by molar-refractivity contribution is -0.167. The number of carbonyl (C=O) groups excluding carboxylic acids is 2. The molecule has 0 aliphatic heterocycles. The molecule has 0 aromatic heterocycles. The van der Waals surface area contributed by atoms with Crippen LogP contribution < -0.4 is 0 Å². The van der Waals surface area contributed by atoms with Crippen LogP contribution in [0.1, 0.15) is 106 Å². The van der Waals surface area contributed by atoms with Gasteiger partial charge in [0, 0.05) is 18.8 Å². The summed E-state index contributed by atoms with van der Waals surface area (Å²) < 4.78 is 5.82. The van der Waals surface area contributed by atoms with Gasteiger partial charge >= 0.3 is 5.97 Å². The molecule has 31 heavy (non-hydrogen) atoms. The normalized spacial score (nSPS) is 44.7. The van der Waals surface area contributed by atoms with Crippen molar-refractivity contribution in [3.63, 3.8) is 0 Å². The maximum absolute atomic E-state index is 11.7. The van der Waals surface area contributed by atoms with Crippen LogP contribution in [0.15, 0.2) is 11.1 Å². The molecule has 4 aliphatic rings. The van der Waals surface area contributed by atoms with E-state index in [9.17, 15) is 9.59 Å². The summed E-state index contributed by atoms with van der Waals surface area (Å²) >= 11 is 0. The Hall–Kier alpha value is -1.12. The lowest BCUT2D eigenvalue weighted by Gasteiger charge is -2.62. The summed E-state index contributed by atoms with van der Waals surface area (Å²) in [6, 6.07) is 0. The molecule has 0 spiro atoms. The number of aldehydes is 1. The van der Waals surface area contributed by atoms with E-state index in [1.54, 1.807) is 18.1 Å². The number of allylic oxidation sites excluding steroid dienone is 2. The second-order valence-electron chi connectivity index (χ2n) is 12.7. The van der Waals surface area contributed by atoms with Crippen molar-refractivity contribution in [2.75, 3.05) is 0 Å². The van der Waals surface area contributed by atoms with E-state index >= 15 is 0 Å². The van der Waals surface area contributed by atoms with Gasteiger partial charge in [0.05, 0.1) is 0 Å². The molecule has 3 heteroatoms. The highest BCUT2D eigenvalue weighted by molar-refractivity contribution is 5.66. The van der Waals surface area contributed by atoms with Crippen molar-refractivity contribution in [3.05, 3.63) is 11.1 Å². The summed E-state index contributed by atoms with van der Waals surface area (Å²) in [5.41, 5.74) is 4.36. The number of carbonyl (C=O) groups is 2. The largest absolute Gasteiger partial charge is 0.462 e. The molecule has 0 radical (unpaired) electrons. The Balaban J connectivity index is 1.71. The molecule has 0 aromatic carbocycles. The van der Waals surface area contributed by atoms with Crippen molar-refractivity contribution in [2.24, 2.45) is 39.4 Å². The first kappa shape index (κ1) is 23.1. The van der Waals surface area contributed by atoms with Gasteiger partial charge in [-0.15, -0.1) is 0 Å². The highest BCUT2D eigenvalue weighted by atomic mass is 16.5. The van der Waals surface area contributed by atoms with E-state index in [4.69, 9.17) is 4.74 Å². The molecule has 2 fully saturated rings. The average molecular weight is 429 g/mol. The van der Waals surface area contributed by atoms with Gasteiger partial charge in [-0.25, -0.2) is 0 Å². The number of hydrogen-bond donors (Lipinski definition) is 0. The van der Waals surface area contributed by atoms with Crippen LogP contribution in [0.25, 0.3) is 0 Å². The van der Waals surface area contributed by atoms with Crippen LogP contribution in [0.2, 0.25) is 0 Å². The van der Waals surface area contributed by atoms with Crippen molar-refractivity contribution in [1.29, 1.82) is 0 Å². The first-order chi connectivity index (χ1) is 14.4. The number of esters is 1. The first-order valence-corrected chi connectivity index (χ1v) is 12.8. The minimum absolute atomic E-state index is 0.00947. The molecule has 174 valence electrons. The maximum Gasteiger partial charge on any atom is 0.302 e. The fourth-order valence-electron chi connectivity index (χ4n) is 9.34. The van der Waals surface area contributed by atoms with Crippen LogP contribution in [0, 0.1) is 39.4 Å². The van der Waals surface area contributed by atoms with Gasteiger partial charge in [0.15, 0.2) is 0 Å². The monoisotopic (exact) mass is 428 g/mol. The van der Waals surface area contributed by atoms with Gasteiger partial charge in [0.2, 0.25) is 0 Å². The van der Waals surface area contributed by atoms with Gasteiger partial charge in [-0.2, -0.15) is 0 Å². The molecule has 2 unspecified atom stereocenters. The number of fused-ring (bicyclic) bond motifs is 4. The Bertz CT molecular complexity index is 794. The Kier molecular flexibility index (Phi) is 5.54. The Morgan fingerprint density at radius 3 is 2.39 bits per heavy atom. The molecular weight excluding hydrogens is 384 g/mol. The highest BCUT2D eigenvalue weighted by Crippen LogP contribution is 2.72. The van der Waals surface area contributed by atoms with E-state index in [1.165, 1.54) is 38.5 Å². The molecule has 2 saturated carbocycles. The van der Waals surface area contributed by atoms with Crippen LogP contribution in [0.5, 0.6) is 0 Å². The van der Waals surface area contributed by atoms with Gasteiger partial charge in [-0.3, -0.25) is 4.79 Å². The minimum Gasteiger partial charge on any atom is -0.462 e. The topological polar surface area (TPSA) is 43.4 Å². The van der Waals surface area contributed by atoms with Gasteiger partial charge in [0.25, 0.3) is 0 Å². The van der Waals surface area contributed by atoms with Crippen molar-refractivity contribution in [2.45, 2.75) is 112 Å². The molecule has 4 aliphatic carbocycles. The summed E-state index contributed by atoms with van der Waals surface area (Å²) in [4.78, 5) is 23.0. The zero-order chi connectivity index (χ0) is 22.8. The quantitative estimate of drug-likeness (QED) is 0.278. The van der Waals surface area contributed by atoms with Crippen molar-refractivity contribution < 1.29 is 14.3 Å². The van der Waals surface area contributed by atoms with Crippen LogP contribution in [0.4, 0.5) is 0 Å². The number of ether oxygens (including phenoxy) is 1. The van der Waals surface area contributed by atoms with E-state index in [0.29, 0.717) is 29.6 Å². The molecule has 0 amide bonds.